The Kier molecular flexibility index (Phi) is 38.8. The summed E-state index contributed by atoms with van der Waals surface area (Å²) in [6, 6.07) is -1.13. The highest BCUT2D eigenvalue weighted by Crippen LogP contribution is 2.32. The highest BCUT2D eigenvalue weighted by Gasteiger charge is 2.49. The van der Waals surface area contributed by atoms with Crippen molar-refractivity contribution >= 4 is 30.6 Å². The molecule has 0 radical (unpaired) electrons. The molecule has 6 N–H and O–H groups in total. The van der Waals surface area contributed by atoms with E-state index in [2.05, 4.69) is 173 Å². The summed E-state index contributed by atoms with van der Waals surface area (Å²) in [7, 11) is 0. The van der Waals surface area contributed by atoms with Gasteiger partial charge in [0.25, 0.3) is 5.91 Å². The first kappa shape index (κ1) is 59.1. The third-order valence-electron chi connectivity index (χ3n) is 8.30. The van der Waals surface area contributed by atoms with Gasteiger partial charge in [0.1, 0.15) is 24.4 Å². The SMILES string of the molecule is CC#CC#CC#CC#CC#CC#CC#CC#CC#CC#CC#CC#CC(=O)N[C@@H](COC1OC(CO)C(OSOOO)C(OSOOO)C1O)[C@H](O)/C=C/CCCCCCCCCCCCC. The Morgan fingerprint density at radius 2 is 1.09 bits per heavy atom. The Morgan fingerprint density at radius 1 is 0.657 bits per heavy atom. The monoisotopic (exact) mass is 951 g/mol. The van der Waals surface area contributed by atoms with Gasteiger partial charge >= 0.3 is 0 Å². The fourth-order valence-corrected chi connectivity index (χ4v) is 6.00. The first-order chi connectivity index (χ1) is 32.9. The van der Waals surface area contributed by atoms with Crippen molar-refractivity contribution in [2.75, 3.05) is 13.2 Å². The number of rotatable bonds is 27. The molecule has 5 unspecified atom stereocenters. The summed E-state index contributed by atoms with van der Waals surface area (Å²) in [5, 5.41) is 58.7. The Balaban J connectivity index is 2.94. The van der Waals surface area contributed by atoms with Crippen LogP contribution in [0.4, 0.5) is 0 Å². The van der Waals surface area contributed by atoms with Gasteiger partial charge in [-0.3, -0.25) is 13.2 Å². The zero-order valence-corrected chi connectivity index (χ0v) is 38.5. The number of carbonyl (C=O) groups excluding carboxylic acids is 1. The van der Waals surface area contributed by atoms with E-state index in [4.69, 9.17) is 28.4 Å². The molecule has 17 heteroatoms. The summed E-state index contributed by atoms with van der Waals surface area (Å²) in [5.74, 6) is 58.6. The van der Waals surface area contributed by atoms with E-state index in [9.17, 15) is 20.1 Å². The van der Waals surface area contributed by atoms with Crippen molar-refractivity contribution in [3.05, 3.63) is 12.2 Å². The van der Waals surface area contributed by atoms with Crippen LogP contribution in [0.5, 0.6) is 0 Å². The van der Waals surface area contributed by atoms with Crippen molar-refractivity contribution in [1.29, 1.82) is 0 Å². The standard InChI is InChI=1S/C50H49NO14S2/c1-3-5-7-9-11-13-15-17-18-19-20-21-22-23-24-25-26-28-30-32-34-36-38-40-46(54)51-43(44(53)39-37-35-33-31-29-27-16-14-12-10-8-6-4-2)42-58-50-47(55)49(61-67-65-63-57)48(45(41-52)59-50)60-66-64-62-56/h37,39,43-45,47-50,52-53,55-57H,4,6,8,10,12,14,16,27,29,31,33,35,41-42H2,1-2H3,(H,51,54)/b39-37+/t43-,44+,45?,47?,48?,49?,50?/m0/s1. The average Bonchev–Trinajstić information content (AvgIpc) is 3.33. The molecule has 1 aliphatic heterocycles. The molecule has 0 bridgehead atoms. The van der Waals surface area contributed by atoms with Crippen LogP contribution in [-0.2, 0) is 41.4 Å². The summed E-state index contributed by atoms with van der Waals surface area (Å²) in [4.78, 5) is 12.8. The van der Waals surface area contributed by atoms with Crippen LogP contribution in [0.1, 0.15) is 90.9 Å². The third-order valence-corrected chi connectivity index (χ3v) is 9.14. The predicted octanol–water partition coefficient (Wildman–Crippen LogP) is 3.98. The van der Waals surface area contributed by atoms with Gasteiger partial charge in [-0.15, -0.1) is 8.67 Å². The summed E-state index contributed by atoms with van der Waals surface area (Å²) < 4.78 is 30.5. The summed E-state index contributed by atoms with van der Waals surface area (Å²) in [5.41, 5.74) is 0. The van der Waals surface area contributed by atoms with Crippen LogP contribution in [0.15, 0.2) is 12.2 Å². The third kappa shape index (κ3) is 32.4. The number of nitrogens with one attached hydrogen (secondary N) is 1. The lowest BCUT2D eigenvalue weighted by Gasteiger charge is -2.42. The molecule has 67 heavy (non-hydrogen) atoms. The Morgan fingerprint density at radius 3 is 1.54 bits per heavy atom. The molecule has 0 saturated carbocycles. The second-order valence-electron chi connectivity index (χ2n) is 13.0. The van der Waals surface area contributed by atoms with Crippen molar-refractivity contribution in [3.8, 4) is 142 Å². The van der Waals surface area contributed by atoms with Crippen molar-refractivity contribution in [3.63, 3.8) is 0 Å². The zero-order valence-electron chi connectivity index (χ0n) is 36.8. The van der Waals surface area contributed by atoms with Crippen LogP contribution < -0.4 is 5.32 Å². The van der Waals surface area contributed by atoms with Crippen molar-refractivity contribution in [2.24, 2.45) is 0 Å². The predicted molar refractivity (Wildman–Crippen MR) is 249 cm³/mol. The smallest absolute Gasteiger partial charge is 0.297 e. The maximum atomic E-state index is 12.8. The largest absolute Gasteiger partial charge is 0.394 e. The second kappa shape index (κ2) is 44.0. The number of ether oxygens (including phenoxy) is 2. The van der Waals surface area contributed by atoms with E-state index in [1.807, 2.05) is 0 Å². The van der Waals surface area contributed by atoms with Crippen LogP contribution in [0.25, 0.3) is 0 Å². The molecule has 1 rings (SSSR count). The van der Waals surface area contributed by atoms with Gasteiger partial charge in [0.2, 0.25) is 0 Å². The number of unbranched alkanes of at least 4 members (excludes halogenated alkanes) is 11. The molecule has 0 aromatic heterocycles. The number of amides is 1. The summed E-state index contributed by atoms with van der Waals surface area (Å²) >= 11 is 0.217. The Hall–Kier alpha value is -5.89. The quantitative estimate of drug-likeness (QED) is 0.0172. The molecular weight excluding hydrogens is 903 g/mol. The van der Waals surface area contributed by atoms with E-state index in [0.717, 1.165) is 19.3 Å². The molecule has 0 spiro atoms. The molecule has 1 amide bonds. The number of carbonyl (C=O) groups is 1. The van der Waals surface area contributed by atoms with E-state index < -0.39 is 62.0 Å². The topological polar surface area (TPSA) is 204 Å². The van der Waals surface area contributed by atoms with Gasteiger partial charge in [0.05, 0.1) is 25.4 Å². The molecule has 15 nitrogen and oxygen atoms in total. The molecule has 1 fully saturated rings. The molecule has 1 heterocycles. The van der Waals surface area contributed by atoms with Crippen LogP contribution in [0, 0.1) is 142 Å². The molecule has 350 valence electrons. The average molecular weight is 952 g/mol. The fourth-order valence-electron chi connectivity index (χ4n) is 5.25. The van der Waals surface area contributed by atoms with Gasteiger partial charge in [-0.2, -0.15) is 0 Å². The second-order valence-corrected chi connectivity index (χ2v) is 14.0. The maximum Gasteiger partial charge on any atom is 0.297 e. The van der Waals surface area contributed by atoms with Crippen LogP contribution >= 0.6 is 24.6 Å². The molecular formula is C50H49NO14S2. The lowest BCUT2D eigenvalue weighted by atomic mass is 9.99. The minimum atomic E-state index is -1.69. The summed E-state index contributed by atoms with van der Waals surface area (Å²) in [6.07, 6.45) is 8.65. The highest BCUT2D eigenvalue weighted by molar-refractivity contribution is 7.90. The minimum Gasteiger partial charge on any atom is -0.394 e. The number of aliphatic hydroxyl groups excluding tert-OH is 3. The Bertz CT molecular complexity index is 2320. The van der Waals surface area contributed by atoms with E-state index in [0.29, 0.717) is 6.42 Å². The van der Waals surface area contributed by atoms with Gasteiger partial charge < -0.3 is 30.1 Å². The van der Waals surface area contributed by atoms with Gasteiger partial charge in [-0.1, -0.05) is 99.3 Å². The van der Waals surface area contributed by atoms with E-state index >= 15 is 0 Å². The first-order valence-electron chi connectivity index (χ1n) is 20.7. The summed E-state index contributed by atoms with van der Waals surface area (Å²) in [6.45, 7) is 2.75. The maximum absolute atomic E-state index is 12.8. The Labute approximate surface area is 402 Å². The fraction of sp³-hybridized carbons (Fsp3) is 0.460. The van der Waals surface area contributed by atoms with Gasteiger partial charge in [-0.05, 0) is 114 Å². The molecule has 1 saturated heterocycles. The van der Waals surface area contributed by atoms with Crippen molar-refractivity contribution < 1.29 is 67.2 Å². The number of hydrogen-bond acceptors (Lipinski definition) is 16. The van der Waals surface area contributed by atoms with Gasteiger partial charge in [0, 0.05) is 41.4 Å². The van der Waals surface area contributed by atoms with Gasteiger partial charge in [-0.25, -0.2) is 10.5 Å². The lowest BCUT2D eigenvalue weighted by Crippen LogP contribution is -2.60. The van der Waals surface area contributed by atoms with E-state index in [1.54, 1.807) is 13.0 Å². The zero-order chi connectivity index (χ0) is 48.7. The van der Waals surface area contributed by atoms with Crippen molar-refractivity contribution in [2.45, 2.75) is 134 Å². The molecule has 0 aromatic rings. The molecule has 0 aliphatic carbocycles. The normalized spacial score (nSPS) is 16.8. The molecule has 0 aromatic carbocycles. The van der Waals surface area contributed by atoms with Crippen LogP contribution in [0.3, 0.4) is 0 Å². The van der Waals surface area contributed by atoms with Gasteiger partial charge in [0.15, 0.2) is 30.9 Å². The minimum absolute atomic E-state index is 0.0963. The number of aliphatic hydroxyl groups is 3. The van der Waals surface area contributed by atoms with Crippen molar-refractivity contribution in [1.82, 2.24) is 5.32 Å². The van der Waals surface area contributed by atoms with E-state index in [-0.39, 0.29) is 24.6 Å². The van der Waals surface area contributed by atoms with Crippen LogP contribution in [0.2, 0.25) is 0 Å². The van der Waals surface area contributed by atoms with E-state index in [1.165, 1.54) is 57.4 Å². The highest BCUT2D eigenvalue weighted by atomic mass is 32.2. The first-order valence-corrected chi connectivity index (χ1v) is 22.0. The molecule has 1 aliphatic rings. The molecule has 7 atom stereocenters. The number of hydrogen-bond donors (Lipinski definition) is 6. The number of allylic oxidation sites excluding steroid dienone is 1. The van der Waals surface area contributed by atoms with Crippen LogP contribution in [-0.4, -0.2) is 87.8 Å². The lowest BCUT2D eigenvalue weighted by molar-refractivity contribution is -0.436.